The number of hydrogen-bond acceptors (Lipinski definition) is 3. The number of rotatable bonds is 4. The predicted molar refractivity (Wildman–Crippen MR) is 95.1 cm³/mol. The Bertz CT molecular complexity index is 750. The first-order valence-corrected chi connectivity index (χ1v) is 9.10. The van der Waals surface area contributed by atoms with Crippen LogP contribution in [0.25, 0.3) is 0 Å². The maximum absolute atomic E-state index is 12.4. The van der Waals surface area contributed by atoms with Crippen molar-refractivity contribution in [3.05, 3.63) is 56.7 Å². The highest BCUT2D eigenvalue weighted by Gasteiger charge is 2.25. The van der Waals surface area contributed by atoms with Crippen LogP contribution in [0.2, 0.25) is 4.34 Å². The van der Waals surface area contributed by atoms with Crippen molar-refractivity contribution >= 4 is 34.8 Å². The molecule has 1 saturated heterocycles. The van der Waals surface area contributed by atoms with E-state index in [4.69, 9.17) is 11.6 Å². The van der Waals surface area contributed by atoms with Gasteiger partial charge in [0.15, 0.2) is 0 Å². The number of piperidine rings is 1. The molecule has 1 fully saturated rings. The Hall–Kier alpha value is -1.85. The van der Waals surface area contributed by atoms with Gasteiger partial charge in [0, 0.05) is 13.1 Å². The molecule has 2 aromatic rings. The van der Waals surface area contributed by atoms with E-state index in [-0.39, 0.29) is 5.91 Å². The highest BCUT2D eigenvalue weighted by molar-refractivity contribution is 7.17. The van der Waals surface area contributed by atoms with Gasteiger partial charge in [-0.2, -0.15) is 0 Å². The molecule has 1 aromatic heterocycles. The fraction of sp³-hybridized carbons (Fsp3) is 0.333. The van der Waals surface area contributed by atoms with Crippen LogP contribution < -0.4 is 0 Å². The number of carboxylic acids is 1. The second-order valence-electron chi connectivity index (χ2n) is 6.01. The van der Waals surface area contributed by atoms with Crippen molar-refractivity contribution in [2.75, 3.05) is 13.1 Å². The number of carboxylic acid groups (broad SMARTS) is 1. The number of hydrogen-bond donors (Lipinski definition) is 1. The molecule has 1 aliphatic heterocycles. The molecule has 0 atom stereocenters. The number of likely N-dealkylation sites (tertiary alicyclic amines) is 1. The monoisotopic (exact) mass is 363 g/mol. The van der Waals surface area contributed by atoms with Gasteiger partial charge in [-0.25, -0.2) is 4.79 Å². The Kier molecular flexibility index (Phi) is 5.21. The number of aromatic carboxylic acids is 1. The van der Waals surface area contributed by atoms with Crippen LogP contribution in [0.5, 0.6) is 0 Å². The zero-order valence-electron chi connectivity index (χ0n) is 13.1. The SMILES string of the molecule is O=C(O)c1ccccc1CC1CCN(C(=O)c2ccc(Cl)s2)CC1. The second kappa shape index (κ2) is 7.36. The molecule has 3 rings (SSSR count). The highest BCUT2D eigenvalue weighted by atomic mass is 35.5. The molecular formula is C18H18ClNO3S. The summed E-state index contributed by atoms with van der Waals surface area (Å²) in [7, 11) is 0. The van der Waals surface area contributed by atoms with Crippen molar-refractivity contribution in [3.8, 4) is 0 Å². The van der Waals surface area contributed by atoms with Gasteiger partial charge in [-0.05, 0) is 48.9 Å². The molecule has 0 radical (unpaired) electrons. The van der Waals surface area contributed by atoms with Gasteiger partial charge in [-0.15, -0.1) is 11.3 Å². The minimum Gasteiger partial charge on any atom is -0.478 e. The Balaban J connectivity index is 1.60. The Morgan fingerprint density at radius 1 is 1.17 bits per heavy atom. The lowest BCUT2D eigenvalue weighted by Crippen LogP contribution is -2.38. The first-order valence-electron chi connectivity index (χ1n) is 7.90. The van der Waals surface area contributed by atoms with Gasteiger partial charge in [-0.1, -0.05) is 29.8 Å². The summed E-state index contributed by atoms with van der Waals surface area (Å²) in [4.78, 5) is 26.3. The molecule has 24 heavy (non-hydrogen) atoms. The van der Waals surface area contributed by atoms with E-state index in [1.54, 1.807) is 24.3 Å². The quantitative estimate of drug-likeness (QED) is 0.885. The first-order chi connectivity index (χ1) is 11.5. The number of nitrogens with zero attached hydrogens (tertiary/aromatic N) is 1. The van der Waals surface area contributed by atoms with Crippen LogP contribution in [-0.2, 0) is 6.42 Å². The lowest BCUT2D eigenvalue weighted by molar-refractivity contribution is 0.0694. The Labute approximate surface area is 149 Å². The molecule has 1 aliphatic rings. The van der Waals surface area contributed by atoms with E-state index in [1.807, 2.05) is 17.0 Å². The first kappa shape index (κ1) is 17.0. The summed E-state index contributed by atoms with van der Waals surface area (Å²) in [6.07, 6.45) is 2.52. The fourth-order valence-electron chi connectivity index (χ4n) is 3.14. The van der Waals surface area contributed by atoms with E-state index >= 15 is 0 Å². The van der Waals surface area contributed by atoms with Gasteiger partial charge >= 0.3 is 5.97 Å². The second-order valence-corrected chi connectivity index (χ2v) is 7.72. The van der Waals surface area contributed by atoms with Crippen molar-refractivity contribution in [3.63, 3.8) is 0 Å². The molecule has 2 heterocycles. The van der Waals surface area contributed by atoms with Gasteiger partial charge in [0.25, 0.3) is 5.91 Å². The smallest absolute Gasteiger partial charge is 0.335 e. The Morgan fingerprint density at radius 3 is 2.50 bits per heavy atom. The average molecular weight is 364 g/mol. The Morgan fingerprint density at radius 2 is 1.88 bits per heavy atom. The van der Waals surface area contributed by atoms with E-state index in [0.29, 0.717) is 33.8 Å². The minimum absolute atomic E-state index is 0.0382. The molecule has 126 valence electrons. The van der Waals surface area contributed by atoms with E-state index in [2.05, 4.69) is 0 Å². The average Bonchev–Trinajstić information content (AvgIpc) is 3.02. The molecule has 0 unspecified atom stereocenters. The molecule has 1 amide bonds. The van der Waals surface area contributed by atoms with Gasteiger partial charge in [0.2, 0.25) is 0 Å². The third kappa shape index (κ3) is 3.79. The van der Waals surface area contributed by atoms with Crippen LogP contribution in [-0.4, -0.2) is 35.0 Å². The normalized spacial score (nSPS) is 15.5. The fourth-order valence-corrected chi connectivity index (χ4v) is 4.15. The predicted octanol–water partition coefficient (Wildman–Crippen LogP) is 4.19. The van der Waals surface area contributed by atoms with Crippen LogP contribution >= 0.6 is 22.9 Å². The topological polar surface area (TPSA) is 57.6 Å². The summed E-state index contributed by atoms with van der Waals surface area (Å²) < 4.78 is 0.624. The van der Waals surface area contributed by atoms with Crippen LogP contribution in [0.3, 0.4) is 0 Å². The number of benzene rings is 1. The summed E-state index contributed by atoms with van der Waals surface area (Å²) >= 11 is 7.20. The number of halogens is 1. The number of thiophene rings is 1. The molecule has 0 saturated carbocycles. The lowest BCUT2D eigenvalue weighted by atomic mass is 9.88. The van der Waals surface area contributed by atoms with Crippen molar-refractivity contribution < 1.29 is 14.7 Å². The summed E-state index contributed by atoms with van der Waals surface area (Å²) in [6.45, 7) is 1.41. The summed E-state index contributed by atoms with van der Waals surface area (Å²) in [5.41, 5.74) is 1.25. The van der Waals surface area contributed by atoms with E-state index < -0.39 is 5.97 Å². The van der Waals surface area contributed by atoms with Gasteiger partial charge in [0.1, 0.15) is 0 Å². The van der Waals surface area contributed by atoms with Crippen LogP contribution in [0, 0.1) is 5.92 Å². The van der Waals surface area contributed by atoms with Gasteiger partial charge in [0.05, 0.1) is 14.8 Å². The van der Waals surface area contributed by atoms with E-state index in [1.165, 1.54) is 11.3 Å². The molecule has 1 N–H and O–H groups in total. The minimum atomic E-state index is -0.882. The summed E-state index contributed by atoms with van der Waals surface area (Å²) in [5, 5.41) is 9.28. The maximum atomic E-state index is 12.4. The maximum Gasteiger partial charge on any atom is 0.335 e. The van der Waals surface area contributed by atoms with E-state index in [9.17, 15) is 14.7 Å². The van der Waals surface area contributed by atoms with Gasteiger partial charge in [-0.3, -0.25) is 4.79 Å². The lowest BCUT2D eigenvalue weighted by Gasteiger charge is -2.32. The molecule has 0 bridgehead atoms. The molecule has 4 nitrogen and oxygen atoms in total. The van der Waals surface area contributed by atoms with Crippen LogP contribution in [0.15, 0.2) is 36.4 Å². The zero-order valence-corrected chi connectivity index (χ0v) is 14.6. The van der Waals surface area contributed by atoms with E-state index in [0.717, 1.165) is 24.8 Å². The molecule has 1 aromatic carbocycles. The van der Waals surface area contributed by atoms with Crippen LogP contribution in [0.1, 0.15) is 38.4 Å². The molecule has 0 aliphatic carbocycles. The summed E-state index contributed by atoms with van der Waals surface area (Å²) in [5.74, 6) is -0.439. The van der Waals surface area contributed by atoms with Crippen molar-refractivity contribution in [2.45, 2.75) is 19.3 Å². The molecular weight excluding hydrogens is 346 g/mol. The highest BCUT2D eigenvalue weighted by Crippen LogP contribution is 2.27. The van der Waals surface area contributed by atoms with Gasteiger partial charge < -0.3 is 10.0 Å². The summed E-state index contributed by atoms with van der Waals surface area (Å²) in [6, 6.07) is 10.7. The third-order valence-electron chi connectivity index (χ3n) is 4.44. The largest absolute Gasteiger partial charge is 0.478 e. The number of carbonyl (C=O) groups excluding carboxylic acids is 1. The van der Waals surface area contributed by atoms with Crippen molar-refractivity contribution in [2.24, 2.45) is 5.92 Å². The van der Waals surface area contributed by atoms with Crippen LogP contribution in [0.4, 0.5) is 0 Å². The zero-order chi connectivity index (χ0) is 17.1. The number of amides is 1. The molecule has 6 heteroatoms. The van der Waals surface area contributed by atoms with Crippen molar-refractivity contribution in [1.82, 2.24) is 4.90 Å². The molecule has 0 spiro atoms. The number of carbonyl (C=O) groups is 2. The van der Waals surface area contributed by atoms with Crippen molar-refractivity contribution in [1.29, 1.82) is 0 Å². The standard InChI is InChI=1S/C18H18ClNO3S/c19-16-6-5-15(24-16)17(21)20-9-7-12(8-10-20)11-13-3-1-2-4-14(13)18(22)23/h1-6,12H,7-11H2,(H,22,23). The third-order valence-corrected chi connectivity index (χ3v) is 5.66.